The minimum Gasteiger partial charge on any atom is -0.378 e. The summed E-state index contributed by atoms with van der Waals surface area (Å²) >= 11 is 0. The number of hydrogen-bond donors (Lipinski definition) is 0. The number of morpholine rings is 1. The molecule has 2 aromatic rings. The lowest BCUT2D eigenvalue weighted by atomic mass is 9.96. The van der Waals surface area contributed by atoms with Gasteiger partial charge in [0.15, 0.2) is 0 Å². The predicted molar refractivity (Wildman–Crippen MR) is 101 cm³/mol. The Labute approximate surface area is 158 Å². The summed E-state index contributed by atoms with van der Waals surface area (Å²) in [5.74, 6) is 0.221. The molecule has 2 amide bonds. The molecule has 2 saturated heterocycles. The van der Waals surface area contributed by atoms with Crippen molar-refractivity contribution in [1.29, 1.82) is 0 Å². The van der Waals surface area contributed by atoms with Gasteiger partial charge in [0.1, 0.15) is 0 Å². The lowest BCUT2D eigenvalue weighted by Crippen LogP contribution is -2.49. The molecule has 1 aromatic heterocycles. The molecule has 27 heavy (non-hydrogen) atoms. The minimum absolute atomic E-state index is 0.0742. The lowest BCUT2D eigenvalue weighted by molar-refractivity contribution is -0.144. The average Bonchev–Trinajstić information content (AvgIpc) is 3.15. The van der Waals surface area contributed by atoms with Crippen molar-refractivity contribution in [1.82, 2.24) is 19.4 Å². The van der Waals surface area contributed by atoms with Gasteiger partial charge >= 0.3 is 0 Å². The zero-order valence-electron chi connectivity index (χ0n) is 15.5. The minimum atomic E-state index is -0.0742. The fourth-order valence-electron chi connectivity index (χ4n) is 4.01. The zero-order valence-corrected chi connectivity index (χ0v) is 15.5. The number of fused-ring (bicyclic) bond motifs is 1. The second-order valence-electron chi connectivity index (χ2n) is 7.29. The first kappa shape index (κ1) is 18.0. The molecule has 7 heteroatoms. The SMILES string of the molecule is O=C(CCn1cnc2ccccc21)N1CCCC(C(=O)N2CCOCC2)C1. The molecule has 0 saturated carbocycles. The van der Waals surface area contributed by atoms with Crippen LogP contribution in [-0.2, 0) is 20.9 Å². The molecule has 0 aliphatic carbocycles. The molecular weight excluding hydrogens is 344 g/mol. The van der Waals surface area contributed by atoms with Crippen LogP contribution in [0.25, 0.3) is 11.0 Å². The average molecular weight is 370 g/mol. The number of carbonyl (C=O) groups is 2. The van der Waals surface area contributed by atoms with E-state index in [1.165, 1.54) is 0 Å². The Morgan fingerprint density at radius 1 is 1.11 bits per heavy atom. The van der Waals surface area contributed by atoms with Gasteiger partial charge in [-0.05, 0) is 25.0 Å². The van der Waals surface area contributed by atoms with Gasteiger partial charge in [-0.2, -0.15) is 0 Å². The number of amides is 2. The Morgan fingerprint density at radius 3 is 2.78 bits per heavy atom. The highest BCUT2D eigenvalue weighted by atomic mass is 16.5. The molecule has 144 valence electrons. The van der Waals surface area contributed by atoms with Crippen molar-refractivity contribution in [3.63, 3.8) is 0 Å². The fourth-order valence-corrected chi connectivity index (χ4v) is 4.01. The van der Waals surface area contributed by atoms with E-state index in [1.54, 1.807) is 6.33 Å². The van der Waals surface area contributed by atoms with E-state index in [2.05, 4.69) is 4.98 Å². The van der Waals surface area contributed by atoms with Crippen LogP contribution >= 0.6 is 0 Å². The summed E-state index contributed by atoms with van der Waals surface area (Å²) in [6.45, 7) is 4.45. The van der Waals surface area contributed by atoms with Crippen molar-refractivity contribution >= 4 is 22.8 Å². The molecule has 0 bridgehead atoms. The third-order valence-electron chi connectivity index (χ3n) is 5.54. The highest BCUT2D eigenvalue weighted by molar-refractivity contribution is 5.82. The Hall–Kier alpha value is -2.41. The van der Waals surface area contributed by atoms with Gasteiger partial charge in [0.25, 0.3) is 0 Å². The highest BCUT2D eigenvalue weighted by Crippen LogP contribution is 2.21. The summed E-state index contributed by atoms with van der Waals surface area (Å²) in [7, 11) is 0. The number of rotatable bonds is 4. The molecule has 0 N–H and O–H groups in total. The molecule has 1 aromatic carbocycles. The summed E-state index contributed by atoms with van der Waals surface area (Å²) in [5, 5.41) is 0. The summed E-state index contributed by atoms with van der Waals surface area (Å²) in [4.78, 5) is 33.6. The maximum atomic E-state index is 12.7. The highest BCUT2D eigenvalue weighted by Gasteiger charge is 2.31. The number of likely N-dealkylation sites (tertiary alicyclic amines) is 1. The van der Waals surface area contributed by atoms with Crippen LogP contribution in [0, 0.1) is 5.92 Å². The van der Waals surface area contributed by atoms with Gasteiger partial charge in [-0.3, -0.25) is 9.59 Å². The van der Waals surface area contributed by atoms with E-state index in [4.69, 9.17) is 4.74 Å². The molecule has 0 radical (unpaired) electrons. The van der Waals surface area contributed by atoms with Crippen molar-refractivity contribution in [2.24, 2.45) is 5.92 Å². The van der Waals surface area contributed by atoms with Crippen LogP contribution < -0.4 is 0 Å². The number of benzene rings is 1. The molecule has 7 nitrogen and oxygen atoms in total. The van der Waals surface area contributed by atoms with Crippen LogP contribution in [0.15, 0.2) is 30.6 Å². The van der Waals surface area contributed by atoms with Crippen molar-refractivity contribution in [3.05, 3.63) is 30.6 Å². The Balaban J connectivity index is 1.33. The van der Waals surface area contributed by atoms with E-state index in [9.17, 15) is 9.59 Å². The topological polar surface area (TPSA) is 67.7 Å². The van der Waals surface area contributed by atoms with Crippen LogP contribution in [0.4, 0.5) is 0 Å². The Kier molecular flexibility index (Phi) is 5.38. The van der Waals surface area contributed by atoms with Crippen molar-refractivity contribution in [3.8, 4) is 0 Å². The molecule has 2 aliphatic heterocycles. The number of nitrogens with zero attached hydrogens (tertiary/aromatic N) is 4. The molecule has 2 aliphatic rings. The van der Waals surface area contributed by atoms with Gasteiger partial charge in [0.05, 0.1) is 36.5 Å². The number of imidazole rings is 1. The third-order valence-corrected chi connectivity index (χ3v) is 5.54. The van der Waals surface area contributed by atoms with E-state index in [-0.39, 0.29) is 17.7 Å². The van der Waals surface area contributed by atoms with Gasteiger partial charge in [-0.15, -0.1) is 0 Å². The Bertz CT molecular complexity index is 812. The first-order chi connectivity index (χ1) is 13.2. The molecule has 0 spiro atoms. The second-order valence-corrected chi connectivity index (χ2v) is 7.29. The number of piperidine rings is 1. The monoisotopic (exact) mass is 370 g/mol. The van der Waals surface area contributed by atoms with Gasteiger partial charge < -0.3 is 19.1 Å². The van der Waals surface area contributed by atoms with Crippen LogP contribution in [0.1, 0.15) is 19.3 Å². The molecule has 2 fully saturated rings. The summed E-state index contributed by atoms with van der Waals surface area (Å²) in [6.07, 6.45) is 3.98. The van der Waals surface area contributed by atoms with Crippen LogP contribution in [0.5, 0.6) is 0 Å². The van der Waals surface area contributed by atoms with E-state index < -0.39 is 0 Å². The first-order valence-electron chi connectivity index (χ1n) is 9.76. The number of carbonyl (C=O) groups excluding carboxylic acids is 2. The van der Waals surface area contributed by atoms with E-state index in [0.717, 1.165) is 30.4 Å². The number of hydrogen-bond acceptors (Lipinski definition) is 4. The van der Waals surface area contributed by atoms with Crippen LogP contribution in [0.2, 0.25) is 0 Å². The largest absolute Gasteiger partial charge is 0.378 e. The molecule has 1 unspecified atom stereocenters. The lowest BCUT2D eigenvalue weighted by Gasteiger charge is -2.36. The van der Waals surface area contributed by atoms with Gasteiger partial charge in [0.2, 0.25) is 11.8 Å². The summed E-state index contributed by atoms with van der Waals surface area (Å²) < 4.78 is 7.35. The zero-order chi connectivity index (χ0) is 18.6. The van der Waals surface area contributed by atoms with Gasteiger partial charge in [0, 0.05) is 39.1 Å². The molecule has 1 atom stereocenters. The number of ether oxygens (including phenoxy) is 1. The quantitative estimate of drug-likeness (QED) is 0.818. The van der Waals surface area contributed by atoms with E-state index >= 15 is 0 Å². The van der Waals surface area contributed by atoms with Crippen molar-refractivity contribution in [2.45, 2.75) is 25.8 Å². The Morgan fingerprint density at radius 2 is 1.93 bits per heavy atom. The third kappa shape index (κ3) is 3.98. The summed E-state index contributed by atoms with van der Waals surface area (Å²) in [6, 6.07) is 7.93. The molecule has 4 rings (SSSR count). The normalized spacial score (nSPS) is 20.8. The predicted octanol–water partition coefficient (Wildman–Crippen LogP) is 1.52. The second kappa shape index (κ2) is 8.08. The standard InChI is InChI=1S/C20H26N4O3/c25-19(7-9-24-15-21-17-5-1-2-6-18(17)24)23-8-3-4-16(14-23)20(26)22-10-12-27-13-11-22/h1-2,5-6,15-16H,3-4,7-14H2. The number of para-hydroxylation sites is 2. The summed E-state index contributed by atoms with van der Waals surface area (Å²) in [5.41, 5.74) is 1.99. The number of aromatic nitrogens is 2. The van der Waals surface area contributed by atoms with E-state index in [0.29, 0.717) is 45.8 Å². The first-order valence-corrected chi connectivity index (χ1v) is 9.76. The fraction of sp³-hybridized carbons (Fsp3) is 0.550. The van der Waals surface area contributed by atoms with Gasteiger partial charge in [-0.1, -0.05) is 12.1 Å². The van der Waals surface area contributed by atoms with Crippen molar-refractivity contribution < 1.29 is 14.3 Å². The maximum Gasteiger partial charge on any atom is 0.227 e. The number of aryl methyl sites for hydroxylation is 1. The van der Waals surface area contributed by atoms with Crippen molar-refractivity contribution in [2.75, 3.05) is 39.4 Å². The van der Waals surface area contributed by atoms with Gasteiger partial charge in [-0.25, -0.2) is 4.98 Å². The molecule has 3 heterocycles. The van der Waals surface area contributed by atoms with Crippen LogP contribution in [-0.4, -0.2) is 70.6 Å². The van der Waals surface area contributed by atoms with E-state index in [1.807, 2.05) is 38.6 Å². The molecular formula is C20H26N4O3. The maximum absolute atomic E-state index is 12.7. The smallest absolute Gasteiger partial charge is 0.227 e. The van der Waals surface area contributed by atoms with Crippen LogP contribution in [0.3, 0.4) is 0 Å².